The molecule has 2 saturated heterocycles. The Kier molecular flexibility index (Phi) is 4.64. The second kappa shape index (κ2) is 7.41. The molecular formula is C28H34N2Si. The highest BCUT2D eigenvalue weighted by molar-refractivity contribution is 6.81. The van der Waals surface area contributed by atoms with Crippen molar-refractivity contribution in [1.82, 2.24) is 9.80 Å². The van der Waals surface area contributed by atoms with Crippen LogP contribution in [0.1, 0.15) is 59.0 Å². The molecule has 2 aromatic rings. The van der Waals surface area contributed by atoms with Gasteiger partial charge in [-0.05, 0) is 48.4 Å². The zero-order valence-electron chi connectivity index (χ0n) is 19.0. The minimum Gasteiger partial charge on any atom is -0.375 e. The Morgan fingerprint density at radius 3 is 2.10 bits per heavy atom. The standard InChI is InChI=1S/C28H34N2Si/c1-31(2,27-20-25(29-15-7-8-16-29)23-13-5-6-14-24(23)27)28-22-12-4-3-11-21(22)19-26(28)30-17-9-10-18-30/h3-6,11-14,19-20,27-28H,7-10,15-18H2,1-2H3. The van der Waals surface area contributed by atoms with Crippen LogP contribution in [0.3, 0.4) is 0 Å². The maximum atomic E-state index is 2.71. The van der Waals surface area contributed by atoms with Gasteiger partial charge in [-0.25, -0.2) is 0 Å². The Bertz CT molecular complexity index is 1050. The number of hydrogen-bond acceptors (Lipinski definition) is 2. The second-order valence-electron chi connectivity index (χ2n) is 10.5. The van der Waals surface area contributed by atoms with Crippen LogP contribution in [0, 0.1) is 0 Å². The number of allylic oxidation sites excluding steroid dienone is 2. The maximum Gasteiger partial charge on any atom is 0.0742 e. The van der Waals surface area contributed by atoms with Crippen molar-refractivity contribution in [3.63, 3.8) is 0 Å². The van der Waals surface area contributed by atoms with Crippen LogP contribution in [0.5, 0.6) is 0 Å². The Balaban J connectivity index is 1.45. The quantitative estimate of drug-likeness (QED) is 0.534. The minimum atomic E-state index is -1.78. The number of nitrogens with zero attached hydrogens (tertiary/aromatic N) is 2. The molecule has 2 aliphatic carbocycles. The Morgan fingerprint density at radius 1 is 0.742 bits per heavy atom. The summed E-state index contributed by atoms with van der Waals surface area (Å²) in [7, 11) is -1.78. The SMILES string of the molecule is C[Si](C)(C1C=C(N2CCCC2)c2ccccc21)C1C(N2CCCC2)=Cc2ccccc21. The average Bonchev–Trinajstić information content (AvgIpc) is 3.58. The molecule has 0 radical (unpaired) electrons. The monoisotopic (exact) mass is 426 g/mol. The van der Waals surface area contributed by atoms with E-state index in [4.69, 9.17) is 0 Å². The van der Waals surface area contributed by atoms with Gasteiger partial charge in [0.05, 0.1) is 8.07 Å². The summed E-state index contributed by atoms with van der Waals surface area (Å²) in [6.45, 7) is 10.2. The van der Waals surface area contributed by atoms with Crippen molar-refractivity contribution < 1.29 is 0 Å². The molecule has 2 unspecified atom stereocenters. The van der Waals surface area contributed by atoms with Gasteiger partial charge in [0.15, 0.2) is 0 Å². The van der Waals surface area contributed by atoms with Crippen LogP contribution in [0.25, 0.3) is 11.8 Å². The predicted octanol–water partition coefficient (Wildman–Crippen LogP) is 6.24. The summed E-state index contributed by atoms with van der Waals surface area (Å²) in [6.07, 6.45) is 10.6. The molecule has 0 saturated carbocycles. The van der Waals surface area contributed by atoms with E-state index in [1.54, 1.807) is 16.8 Å². The number of benzene rings is 2. The first-order valence-electron chi connectivity index (χ1n) is 12.3. The van der Waals surface area contributed by atoms with E-state index in [0.717, 1.165) is 0 Å². The fraction of sp³-hybridized carbons (Fsp3) is 0.429. The molecule has 0 aromatic heterocycles. The van der Waals surface area contributed by atoms with E-state index in [0.29, 0.717) is 11.1 Å². The van der Waals surface area contributed by atoms with Crippen molar-refractivity contribution in [2.45, 2.75) is 49.9 Å². The molecule has 31 heavy (non-hydrogen) atoms. The zero-order valence-corrected chi connectivity index (χ0v) is 20.0. The molecule has 160 valence electrons. The van der Waals surface area contributed by atoms with Crippen LogP contribution >= 0.6 is 0 Å². The van der Waals surface area contributed by atoms with Gasteiger partial charge in [0.25, 0.3) is 0 Å². The molecule has 0 spiro atoms. The van der Waals surface area contributed by atoms with Gasteiger partial charge in [-0.15, -0.1) is 0 Å². The average molecular weight is 427 g/mol. The highest BCUT2D eigenvalue weighted by Gasteiger charge is 2.48. The van der Waals surface area contributed by atoms with Crippen LogP contribution in [-0.4, -0.2) is 44.1 Å². The first-order chi connectivity index (χ1) is 15.1. The first-order valence-corrected chi connectivity index (χ1v) is 15.4. The summed E-state index contributed by atoms with van der Waals surface area (Å²) in [4.78, 5) is 5.37. The van der Waals surface area contributed by atoms with Crippen molar-refractivity contribution in [3.8, 4) is 0 Å². The smallest absolute Gasteiger partial charge is 0.0742 e. The van der Waals surface area contributed by atoms with Gasteiger partial charge in [-0.1, -0.05) is 67.7 Å². The normalized spacial score (nSPS) is 25.0. The molecule has 2 atom stereocenters. The molecule has 0 amide bonds. The van der Waals surface area contributed by atoms with Gasteiger partial charge >= 0.3 is 0 Å². The maximum absolute atomic E-state index is 2.71. The van der Waals surface area contributed by atoms with Crippen LogP contribution in [0.2, 0.25) is 13.1 Å². The Labute approximate surface area is 188 Å². The fourth-order valence-electron chi connectivity index (χ4n) is 6.71. The molecule has 6 rings (SSSR count). The fourth-order valence-corrected chi connectivity index (χ4v) is 10.8. The molecule has 2 aromatic carbocycles. The van der Waals surface area contributed by atoms with E-state index >= 15 is 0 Å². The first kappa shape index (κ1) is 19.4. The predicted molar refractivity (Wildman–Crippen MR) is 133 cm³/mol. The van der Waals surface area contributed by atoms with Crippen LogP contribution in [0.15, 0.2) is 60.3 Å². The van der Waals surface area contributed by atoms with Gasteiger partial charge in [0.1, 0.15) is 0 Å². The van der Waals surface area contributed by atoms with E-state index in [2.05, 4.69) is 83.6 Å². The summed E-state index contributed by atoms with van der Waals surface area (Å²) in [5, 5.41) is 0. The molecule has 4 aliphatic rings. The van der Waals surface area contributed by atoms with Crippen molar-refractivity contribution in [3.05, 3.63) is 82.6 Å². The minimum absolute atomic E-state index is 0.571. The van der Waals surface area contributed by atoms with E-state index in [9.17, 15) is 0 Å². The number of rotatable bonds is 4. The van der Waals surface area contributed by atoms with E-state index in [1.165, 1.54) is 68.7 Å². The summed E-state index contributed by atoms with van der Waals surface area (Å²) in [5.41, 5.74) is 10.4. The summed E-state index contributed by atoms with van der Waals surface area (Å²) in [6, 6.07) is 18.5. The van der Waals surface area contributed by atoms with Gasteiger partial charge in [0, 0.05) is 54.2 Å². The highest BCUT2D eigenvalue weighted by atomic mass is 28.3. The third-order valence-electron chi connectivity index (χ3n) is 8.27. The van der Waals surface area contributed by atoms with Gasteiger partial charge in [-0.3, -0.25) is 0 Å². The molecular weight excluding hydrogens is 392 g/mol. The van der Waals surface area contributed by atoms with Crippen molar-refractivity contribution in [1.29, 1.82) is 0 Å². The van der Waals surface area contributed by atoms with Crippen LogP contribution in [0.4, 0.5) is 0 Å². The second-order valence-corrected chi connectivity index (χ2v) is 15.3. The molecule has 3 heteroatoms. The van der Waals surface area contributed by atoms with Gasteiger partial charge in [0.2, 0.25) is 0 Å². The van der Waals surface area contributed by atoms with E-state index in [1.807, 2.05) is 0 Å². The topological polar surface area (TPSA) is 6.48 Å². The summed E-state index contributed by atoms with van der Waals surface area (Å²) >= 11 is 0. The summed E-state index contributed by atoms with van der Waals surface area (Å²) < 4.78 is 0. The van der Waals surface area contributed by atoms with E-state index < -0.39 is 8.07 Å². The van der Waals surface area contributed by atoms with Crippen molar-refractivity contribution in [2.75, 3.05) is 26.2 Å². The molecule has 0 bridgehead atoms. The number of fused-ring (bicyclic) bond motifs is 2. The third-order valence-corrected chi connectivity index (χ3v) is 12.4. The molecule has 2 aliphatic heterocycles. The molecule has 0 N–H and O–H groups in total. The molecule has 2 nitrogen and oxygen atoms in total. The lowest BCUT2D eigenvalue weighted by atomic mass is 10.1. The lowest BCUT2D eigenvalue weighted by molar-refractivity contribution is 0.416. The number of likely N-dealkylation sites (tertiary alicyclic amines) is 2. The van der Waals surface area contributed by atoms with Gasteiger partial charge in [-0.2, -0.15) is 0 Å². The van der Waals surface area contributed by atoms with Crippen LogP contribution in [-0.2, 0) is 0 Å². The molecule has 2 heterocycles. The zero-order chi connectivity index (χ0) is 21.0. The number of hydrogen-bond donors (Lipinski definition) is 0. The summed E-state index contributed by atoms with van der Waals surface area (Å²) in [5.74, 6) is 0. The highest BCUT2D eigenvalue weighted by Crippen LogP contribution is 2.52. The molecule has 2 fully saturated rings. The Morgan fingerprint density at radius 2 is 1.35 bits per heavy atom. The van der Waals surface area contributed by atoms with Crippen LogP contribution < -0.4 is 0 Å². The Hall–Kier alpha value is -2.26. The lowest BCUT2D eigenvalue weighted by Crippen LogP contribution is -2.44. The van der Waals surface area contributed by atoms with Crippen molar-refractivity contribution >= 4 is 19.8 Å². The van der Waals surface area contributed by atoms with E-state index in [-0.39, 0.29) is 0 Å². The van der Waals surface area contributed by atoms with Gasteiger partial charge < -0.3 is 9.80 Å². The van der Waals surface area contributed by atoms with Crippen molar-refractivity contribution in [2.24, 2.45) is 0 Å². The largest absolute Gasteiger partial charge is 0.375 e. The third kappa shape index (κ3) is 3.04. The lowest BCUT2D eigenvalue weighted by Gasteiger charge is -2.40.